The Kier molecular flexibility index (Phi) is 6.39. The summed E-state index contributed by atoms with van der Waals surface area (Å²) in [5.74, 6) is -0.0977. The normalized spacial score (nSPS) is 19.2. The number of amides is 2. The second kappa shape index (κ2) is 8.29. The zero-order valence-electron chi connectivity index (χ0n) is 13.1. The van der Waals surface area contributed by atoms with Gasteiger partial charge in [0.15, 0.2) is 0 Å². The largest absolute Gasteiger partial charge is 0.350 e. The van der Waals surface area contributed by atoms with Crippen molar-refractivity contribution in [3.8, 4) is 0 Å². The topological polar surface area (TPSA) is 75.4 Å². The van der Waals surface area contributed by atoms with Gasteiger partial charge >= 0.3 is 0 Å². The number of carbonyl (C=O) groups is 2. The first-order valence-corrected chi connectivity index (χ1v) is 8.90. The van der Waals surface area contributed by atoms with Crippen LogP contribution in [0.1, 0.15) is 48.7 Å². The number of nitrogens with zero attached hydrogens (tertiary/aromatic N) is 1. The van der Waals surface area contributed by atoms with E-state index in [4.69, 9.17) is 5.73 Å². The third kappa shape index (κ3) is 4.08. The minimum Gasteiger partial charge on any atom is -0.350 e. The van der Waals surface area contributed by atoms with Gasteiger partial charge in [-0.2, -0.15) is 0 Å². The number of hydrogen-bond acceptors (Lipinski definition) is 4. The van der Waals surface area contributed by atoms with Gasteiger partial charge in [-0.25, -0.2) is 0 Å². The van der Waals surface area contributed by atoms with Crippen molar-refractivity contribution in [3.05, 3.63) is 22.4 Å². The molecule has 1 aromatic rings. The minimum absolute atomic E-state index is 0.00624. The maximum absolute atomic E-state index is 12.5. The number of likely N-dealkylation sites (tertiary alicyclic amines) is 1. The van der Waals surface area contributed by atoms with E-state index in [1.165, 1.54) is 11.3 Å². The molecule has 1 aromatic heterocycles. The van der Waals surface area contributed by atoms with Gasteiger partial charge in [0.2, 0.25) is 5.91 Å². The summed E-state index contributed by atoms with van der Waals surface area (Å²) in [4.78, 5) is 27.4. The van der Waals surface area contributed by atoms with Crippen LogP contribution in [0, 0.1) is 0 Å². The maximum Gasteiger partial charge on any atom is 0.264 e. The monoisotopic (exact) mass is 323 g/mol. The number of carbonyl (C=O) groups excluding carboxylic acids is 2. The summed E-state index contributed by atoms with van der Waals surface area (Å²) >= 11 is 1.42. The van der Waals surface area contributed by atoms with Gasteiger partial charge in [-0.05, 0) is 30.7 Å². The third-order valence-corrected chi connectivity index (χ3v) is 4.94. The lowest BCUT2D eigenvalue weighted by atomic mass is 10.1. The molecular weight excluding hydrogens is 298 g/mol. The Hall–Kier alpha value is -1.40. The molecule has 0 aromatic carbocycles. The molecule has 2 heterocycles. The molecule has 2 atom stereocenters. The fourth-order valence-electron chi connectivity index (χ4n) is 2.82. The number of hydrogen-bond donors (Lipinski definition) is 2. The van der Waals surface area contributed by atoms with Crippen LogP contribution < -0.4 is 11.1 Å². The number of rotatable bonds is 7. The van der Waals surface area contributed by atoms with Crippen molar-refractivity contribution in [2.45, 2.75) is 51.1 Å². The van der Waals surface area contributed by atoms with Crippen LogP contribution in [0.15, 0.2) is 17.5 Å². The molecule has 0 saturated carbocycles. The molecule has 122 valence electrons. The highest BCUT2D eigenvalue weighted by molar-refractivity contribution is 7.12. The number of nitrogens with one attached hydrogen (secondary N) is 1. The Bertz CT molecular complexity index is 490. The zero-order chi connectivity index (χ0) is 15.9. The molecule has 5 nitrogen and oxygen atoms in total. The highest BCUT2D eigenvalue weighted by atomic mass is 32.1. The minimum atomic E-state index is -0.356. The molecular formula is C16H25N3O2S. The Labute approximate surface area is 135 Å². The van der Waals surface area contributed by atoms with E-state index in [0.29, 0.717) is 18.0 Å². The average Bonchev–Trinajstić information content (AvgIpc) is 3.21. The van der Waals surface area contributed by atoms with Crippen molar-refractivity contribution < 1.29 is 9.59 Å². The number of thiophene rings is 1. The van der Waals surface area contributed by atoms with Gasteiger partial charge in [-0.3, -0.25) is 9.59 Å². The van der Waals surface area contributed by atoms with E-state index in [-0.39, 0.29) is 23.9 Å². The fourth-order valence-corrected chi connectivity index (χ4v) is 3.50. The summed E-state index contributed by atoms with van der Waals surface area (Å²) in [6, 6.07) is 3.32. The highest BCUT2D eigenvalue weighted by Crippen LogP contribution is 2.22. The molecule has 2 amide bonds. The molecule has 1 aliphatic rings. The van der Waals surface area contributed by atoms with Crippen LogP contribution in [0.5, 0.6) is 0 Å². The summed E-state index contributed by atoms with van der Waals surface area (Å²) < 4.78 is 0. The predicted molar refractivity (Wildman–Crippen MR) is 88.9 cm³/mol. The van der Waals surface area contributed by atoms with Gasteiger partial charge in [0.1, 0.15) is 6.04 Å². The van der Waals surface area contributed by atoms with Crippen LogP contribution in [0.25, 0.3) is 0 Å². The van der Waals surface area contributed by atoms with E-state index in [1.807, 2.05) is 17.5 Å². The molecule has 0 spiro atoms. The van der Waals surface area contributed by atoms with Crippen LogP contribution in [0.2, 0.25) is 0 Å². The Morgan fingerprint density at radius 1 is 1.55 bits per heavy atom. The second-order valence-electron chi connectivity index (χ2n) is 5.72. The van der Waals surface area contributed by atoms with Crippen molar-refractivity contribution >= 4 is 23.2 Å². The van der Waals surface area contributed by atoms with Crippen molar-refractivity contribution in [1.82, 2.24) is 10.2 Å². The Morgan fingerprint density at radius 2 is 2.36 bits per heavy atom. The van der Waals surface area contributed by atoms with Crippen LogP contribution >= 0.6 is 11.3 Å². The van der Waals surface area contributed by atoms with Gasteiger partial charge in [0, 0.05) is 19.1 Å². The van der Waals surface area contributed by atoms with E-state index in [1.54, 1.807) is 4.90 Å². The van der Waals surface area contributed by atoms with Crippen LogP contribution in [-0.4, -0.2) is 41.9 Å². The molecule has 0 bridgehead atoms. The molecule has 2 unspecified atom stereocenters. The van der Waals surface area contributed by atoms with E-state index >= 15 is 0 Å². The lowest BCUT2D eigenvalue weighted by molar-refractivity contribution is -0.125. The SMILES string of the molecule is CCCCC(CN)NC(=O)C1CCCN1C(=O)c1cccs1. The predicted octanol–water partition coefficient (Wildman–Crippen LogP) is 1.99. The van der Waals surface area contributed by atoms with Gasteiger partial charge in [-0.1, -0.05) is 25.8 Å². The summed E-state index contributed by atoms with van der Waals surface area (Å²) in [5, 5.41) is 4.90. The second-order valence-corrected chi connectivity index (χ2v) is 6.67. The zero-order valence-corrected chi connectivity index (χ0v) is 13.9. The Morgan fingerprint density at radius 3 is 3.00 bits per heavy atom. The van der Waals surface area contributed by atoms with Crippen LogP contribution in [0.3, 0.4) is 0 Å². The molecule has 6 heteroatoms. The maximum atomic E-state index is 12.5. The smallest absolute Gasteiger partial charge is 0.264 e. The van der Waals surface area contributed by atoms with Gasteiger partial charge in [0.05, 0.1) is 4.88 Å². The van der Waals surface area contributed by atoms with E-state index in [0.717, 1.165) is 32.1 Å². The van der Waals surface area contributed by atoms with Crippen molar-refractivity contribution in [2.75, 3.05) is 13.1 Å². The van der Waals surface area contributed by atoms with Crippen LogP contribution in [0.4, 0.5) is 0 Å². The summed E-state index contributed by atoms with van der Waals surface area (Å²) in [7, 11) is 0. The molecule has 0 aliphatic carbocycles. The molecule has 22 heavy (non-hydrogen) atoms. The van der Waals surface area contributed by atoms with Gasteiger partial charge in [-0.15, -0.1) is 11.3 Å². The van der Waals surface area contributed by atoms with Gasteiger partial charge < -0.3 is 16.0 Å². The summed E-state index contributed by atoms with van der Waals surface area (Å²) in [5.41, 5.74) is 5.74. The molecule has 1 aliphatic heterocycles. The standard InChI is InChI=1S/C16H25N3O2S/c1-2-3-6-12(11-17)18-15(20)13-7-4-9-19(13)16(21)14-8-5-10-22-14/h5,8,10,12-13H,2-4,6-7,9,11,17H2,1H3,(H,18,20). The van der Waals surface area contributed by atoms with E-state index < -0.39 is 0 Å². The van der Waals surface area contributed by atoms with Crippen LogP contribution in [-0.2, 0) is 4.79 Å². The third-order valence-electron chi connectivity index (χ3n) is 4.09. The number of unbranched alkanes of at least 4 members (excludes halogenated alkanes) is 1. The van der Waals surface area contributed by atoms with E-state index in [9.17, 15) is 9.59 Å². The highest BCUT2D eigenvalue weighted by Gasteiger charge is 2.35. The molecule has 1 fully saturated rings. The Balaban J connectivity index is 1.97. The quantitative estimate of drug-likeness (QED) is 0.806. The molecule has 3 N–H and O–H groups in total. The summed E-state index contributed by atoms with van der Waals surface area (Å²) in [6.07, 6.45) is 4.62. The lowest BCUT2D eigenvalue weighted by Crippen LogP contribution is -2.50. The fraction of sp³-hybridized carbons (Fsp3) is 0.625. The first kappa shape index (κ1) is 17.0. The average molecular weight is 323 g/mol. The molecule has 2 rings (SSSR count). The molecule has 0 radical (unpaired) electrons. The summed E-state index contributed by atoms with van der Waals surface area (Å²) in [6.45, 7) is 3.21. The first-order valence-electron chi connectivity index (χ1n) is 8.02. The number of nitrogens with two attached hydrogens (primary N) is 1. The van der Waals surface area contributed by atoms with Gasteiger partial charge in [0.25, 0.3) is 5.91 Å². The van der Waals surface area contributed by atoms with E-state index in [2.05, 4.69) is 12.2 Å². The van der Waals surface area contributed by atoms with Crippen molar-refractivity contribution in [3.63, 3.8) is 0 Å². The van der Waals surface area contributed by atoms with Crippen molar-refractivity contribution in [2.24, 2.45) is 5.73 Å². The first-order chi connectivity index (χ1) is 10.7. The molecule has 1 saturated heterocycles. The lowest BCUT2D eigenvalue weighted by Gasteiger charge is -2.26. The van der Waals surface area contributed by atoms with Crippen molar-refractivity contribution in [1.29, 1.82) is 0 Å².